The van der Waals surface area contributed by atoms with Crippen molar-refractivity contribution in [3.8, 4) is 5.75 Å². The number of alkyl halides is 6. The molecule has 11 nitrogen and oxygen atoms in total. The van der Waals surface area contributed by atoms with Crippen molar-refractivity contribution in [1.29, 1.82) is 0 Å². The number of hydrogen-bond acceptors (Lipinski definition) is 9. The van der Waals surface area contributed by atoms with E-state index in [1.807, 2.05) is 0 Å². The van der Waals surface area contributed by atoms with Crippen LogP contribution >= 0.6 is 0 Å². The highest BCUT2D eigenvalue weighted by Gasteiger charge is 2.38. The van der Waals surface area contributed by atoms with Crippen molar-refractivity contribution in [2.45, 2.75) is 25.4 Å². The van der Waals surface area contributed by atoms with Gasteiger partial charge in [0.05, 0.1) is 30.7 Å². The van der Waals surface area contributed by atoms with Crippen molar-refractivity contribution in [3.63, 3.8) is 0 Å². The van der Waals surface area contributed by atoms with Crippen LogP contribution in [0.2, 0.25) is 0 Å². The van der Waals surface area contributed by atoms with E-state index in [0.717, 1.165) is 0 Å². The van der Waals surface area contributed by atoms with Crippen LogP contribution in [-0.4, -0.2) is 84.1 Å². The number of halogens is 6. The molecule has 0 bridgehead atoms. The summed E-state index contributed by atoms with van der Waals surface area (Å²) in [6, 6.07) is 0. The lowest BCUT2D eigenvalue weighted by molar-refractivity contribution is -0.141. The lowest BCUT2D eigenvalue weighted by Gasteiger charge is -2.34. The number of ether oxygens (including phenoxy) is 2. The molecule has 1 aliphatic heterocycles. The highest BCUT2D eigenvalue weighted by Crippen LogP contribution is 2.33. The number of hydrogen-bond donors (Lipinski definition) is 1. The SMILES string of the molecule is C[C@@H](COCCS(=O)(=O)N1CCN(c2ncc(C(F)(F)F)cn2)CC1)Oc1cn[nH]c(=O)c1C(F)(F)F. The lowest BCUT2D eigenvalue weighted by Crippen LogP contribution is -2.50. The molecule has 18 heteroatoms. The molecule has 1 aliphatic rings. The predicted octanol–water partition coefficient (Wildman–Crippen LogP) is 1.53. The van der Waals surface area contributed by atoms with Crippen LogP contribution < -0.4 is 15.2 Å². The number of sulfonamides is 1. The number of nitrogens with one attached hydrogen (secondary N) is 1. The van der Waals surface area contributed by atoms with Crippen LogP contribution in [0.4, 0.5) is 32.3 Å². The van der Waals surface area contributed by atoms with E-state index < -0.39 is 56.7 Å². The molecule has 1 N–H and O–H groups in total. The van der Waals surface area contributed by atoms with Gasteiger partial charge in [0.1, 0.15) is 6.10 Å². The second kappa shape index (κ2) is 11.2. The molecule has 3 heterocycles. The molecule has 206 valence electrons. The molecular formula is C19H22F6N6O5S. The zero-order valence-corrected chi connectivity index (χ0v) is 20.0. The third-order valence-corrected chi connectivity index (χ3v) is 6.99. The van der Waals surface area contributed by atoms with Crippen LogP contribution in [-0.2, 0) is 27.1 Å². The lowest BCUT2D eigenvalue weighted by atomic mass is 10.2. The van der Waals surface area contributed by atoms with Crippen LogP contribution in [0.3, 0.4) is 0 Å². The Bertz CT molecular complexity index is 1210. The first kappa shape index (κ1) is 28.6. The smallest absolute Gasteiger partial charge is 0.425 e. The van der Waals surface area contributed by atoms with Crippen molar-refractivity contribution in [3.05, 3.63) is 40.1 Å². The minimum atomic E-state index is -4.97. The predicted molar refractivity (Wildman–Crippen MR) is 115 cm³/mol. The first-order valence-corrected chi connectivity index (χ1v) is 12.3. The van der Waals surface area contributed by atoms with E-state index >= 15 is 0 Å². The zero-order valence-electron chi connectivity index (χ0n) is 19.2. The second-order valence-corrected chi connectivity index (χ2v) is 10.00. The molecule has 0 spiro atoms. The van der Waals surface area contributed by atoms with Crippen LogP contribution in [0.25, 0.3) is 0 Å². The highest BCUT2D eigenvalue weighted by molar-refractivity contribution is 7.89. The summed E-state index contributed by atoms with van der Waals surface area (Å²) in [6.07, 6.45) is -8.47. The molecular weight excluding hydrogens is 538 g/mol. The molecule has 1 atom stereocenters. The summed E-state index contributed by atoms with van der Waals surface area (Å²) in [7, 11) is -3.76. The Kier molecular flexibility index (Phi) is 8.63. The van der Waals surface area contributed by atoms with Gasteiger partial charge in [-0.05, 0) is 6.92 Å². The van der Waals surface area contributed by atoms with Gasteiger partial charge < -0.3 is 14.4 Å². The Morgan fingerprint density at radius 2 is 1.65 bits per heavy atom. The van der Waals surface area contributed by atoms with Crippen LogP contribution in [0.15, 0.2) is 23.4 Å². The molecule has 37 heavy (non-hydrogen) atoms. The van der Waals surface area contributed by atoms with Crippen molar-refractivity contribution in [2.75, 3.05) is 50.0 Å². The standard InChI is InChI=1S/C19H22F6N6O5S/c1-12(36-14-10-28-29-16(32)15(14)19(23,24)25)11-35-6-7-37(33,34)31-4-2-30(3-5-31)17-26-8-13(9-27-17)18(20,21)22/h8-10,12H,2-7,11H2,1H3,(H,29,32)/t12-/m0/s1. The molecule has 0 amide bonds. The zero-order chi connectivity index (χ0) is 27.4. The monoisotopic (exact) mass is 560 g/mol. The van der Waals surface area contributed by atoms with E-state index in [1.165, 1.54) is 11.2 Å². The largest absolute Gasteiger partial charge is 0.486 e. The first-order chi connectivity index (χ1) is 17.2. The van der Waals surface area contributed by atoms with E-state index in [2.05, 4.69) is 15.1 Å². The number of aromatic nitrogens is 4. The Hall–Kier alpha value is -2.99. The van der Waals surface area contributed by atoms with Gasteiger partial charge in [0.2, 0.25) is 16.0 Å². The average molecular weight is 560 g/mol. The minimum absolute atomic E-state index is 0.0437. The summed E-state index contributed by atoms with van der Waals surface area (Å²) in [5.41, 5.74) is -4.00. The summed E-state index contributed by atoms with van der Waals surface area (Å²) in [4.78, 5) is 20.4. The summed E-state index contributed by atoms with van der Waals surface area (Å²) in [5.74, 6) is -1.15. The van der Waals surface area contributed by atoms with Gasteiger partial charge in [0, 0.05) is 38.6 Å². The fraction of sp³-hybridized carbons (Fsp3) is 0.579. The highest BCUT2D eigenvalue weighted by atomic mass is 32.2. The van der Waals surface area contributed by atoms with E-state index in [9.17, 15) is 39.6 Å². The number of piperazine rings is 1. The molecule has 2 aromatic heterocycles. The number of H-pyrrole nitrogens is 1. The molecule has 1 saturated heterocycles. The number of rotatable bonds is 9. The first-order valence-electron chi connectivity index (χ1n) is 10.7. The summed E-state index contributed by atoms with van der Waals surface area (Å²) >= 11 is 0. The van der Waals surface area contributed by atoms with Crippen LogP contribution in [0, 0.1) is 0 Å². The van der Waals surface area contributed by atoms with Crippen LogP contribution in [0.1, 0.15) is 18.1 Å². The van der Waals surface area contributed by atoms with Gasteiger partial charge in [-0.3, -0.25) is 4.79 Å². The van der Waals surface area contributed by atoms with Gasteiger partial charge in [0.15, 0.2) is 11.3 Å². The van der Waals surface area contributed by atoms with E-state index in [0.29, 0.717) is 18.6 Å². The third kappa shape index (κ3) is 7.51. The molecule has 0 aromatic carbocycles. The van der Waals surface area contributed by atoms with E-state index in [-0.39, 0.29) is 45.3 Å². The van der Waals surface area contributed by atoms with Gasteiger partial charge in [-0.25, -0.2) is 23.5 Å². The maximum absolute atomic E-state index is 13.1. The van der Waals surface area contributed by atoms with Gasteiger partial charge in [-0.2, -0.15) is 35.7 Å². The van der Waals surface area contributed by atoms with Crippen molar-refractivity contribution in [2.24, 2.45) is 0 Å². The fourth-order valence-electron chi connectivity index (χ4n) is 3.33. The average Bonchev–Trinajstić information content (AvgIpc) is 2.81. The van der Waals surface area contributed by atoms with Crippen molar-refractivity contribution < 1.29 is 44.2 Å². The number of nitrogens with zero attached hydrogens (tertiary/aromatic N) is 5. The van der Waals surface area contributed by atoms with Gasteiger partial charge >= 0.3 is 12.4 Å². The minimum Gasteiger partial charge on any atom is -0.486 e. The molecule has 2 aromatic rings. The molecule has 0 aliphatic carbocycles. The van der Waals surface area contributed by atoms with Crippen molar-refractivity contribution in [1.82, 2.24) is 24.5 Å². The third-order valence-electron chi connectivity index (χ3n) is 5.15. The Morgan fingerprint density at radius 3 is 2.22 bits per heavy atom. The topological polar surface area (TPSA) is 131 Å². The fourth-order valence-corrected chi connectivity index (χ4v) is 4.64. The molecule has 3 rings (SSSR count). The van der Waals surface area contributed by atoms with Crippen LogP contribution in [0.5, 0.6) is 5.75 Å². The number of anilines is 1. The normalized spacial score (nSPS) is 16.6. The number of aromatic amines is 1. The quantitative estimate of drug-likeness (QED) is 0.359. The van der Waals surface area contributed by atoms with Gasteiger partial charge in [0.25, 0.3) is 5.56 Å². The maximum Gasteiger partial charge on any atom is 0.425 e. The van der Waals surface area contributed by atoms with Gasteiger partial charge in [-0.15, -0.1) is 0 Å². The summed E-state index contributed by atoms with van der Waals surface area (Å²) in [5, 5.41) is 4.97. The second-order valence-electron chi connectivity index (χ2n) is 7.91. The Labute approximate surface area is 206 Å². The Morgan fingerprint density at radius 1 is 1.03 bits per heavy atom. The van der Waals surface area contributed by atoms with Crippen molar-refractivity contribution >= 4 is 16.0 Å². The summed E-state index contributed by atoms with van der Waals surface area (Å²) < 4.78 is 114. The maximum atomic E-state index is 13.1. The van der Waals surface area contributed by atoms with E-state index in [1.54, 1.807) is 10.00 Å². The molecule has 0 unspecified atom stereocenters. The Balaban J connectivity index is 1.45. The molecule has 0 saturated carbocycles. The van der Waals surface area contributed by atoms with E-state index in [4.69, 9.17) is 9.47 Å². The van der Waals surface area contributed by atoms with Gasteiger partial charge in [-0.1, -0.05) is 0 Å². The molecule has 1 fully saturated rings. The molecule has 0 radical (unpaired) electrons. The summed E-state index contributed by atoms with van der Waals surface area (Å²) in [6.45, 7) is 1.23.